The summed E-state index contributed by atoms with van der Waals surface area (Å²) in [6, 6.07) is 1.45. The van der Waals surface area contributed by atoms with Crippen LogP contribution >= 0.6 is 15.9 Å². The van der Waals surface area contributed by atoms with E-state index in [9.17, 15) is 4.79 Å². The highest BCUT2D eigenvalue weighted by Crippen LogP contribution is 2.24. The van der Waals surface area contributed by atoms with Crippen LogP contribution in [0.1, 0.15) is 23.7 Å². The summed E-state index contributed by atoms with van der Waals surface area (Å²) in [6.07, 6.45) is 2.26. The first-order chi connectivity index (χ1) is 8.13. The number of hydrogen-bond acceptors (Lipinski definition) is 4. The minimum Gasteiger partial charge on any atom is -0.457 e. The Labute approximate surface area is 108 Å². The fourth-order valence-corrected chi connectivity index (χ4v) is 2.33. The molecule has 0 saturated heterocycles. The lowest BCUT2D eigenvalue weighted by Gasteiger charge is -2.42. The molecule has 94 valence electrons. The van der Waals surface area contributed by atoms with Crippen molar-refractivity contribution in [2.24, 2.45) is 5.73 Å². The van der Waals surface area contributed by atoms with Gasteiger partial charge in [-0.25, -0.2) is 0 Å². The molecule has 1 fully saturated rings. The Hall–Kier alpha value is -0.850. The quantitative estimate of drug-likeness (QED) is 0.878. The minimum absolute atomic E-state index is 0.0182. The third kappa shape index (κ3) is 2.53. The van der Waals surface area contributed by atoms with Crippen LogP contribution in [0.15, 0.2) is 21.4 Å². The lowest BCUT2D eigenvalue weighted by molar-refractivity contribution is -0.0300. The lowest BCUT2D eigenvalue weighted by atomic mass is 9.83. The van der Waals surface area contributed by atoms with Gasteiger partial charge in [-0.3, -0.25) is 4.79 Å². The summed E-state index contributed by atoms with van der Waals surface area (Å²) < 4.78 is 10.9. The van der Waals surface area contributed by atoms with Gasteiger partial charge in [-0.1, -0.05) is 0 Å². The number of hydrogen-bond donors (Lipinski definition) is 2. The Bertz CT molecular complexity index is 405. The van der Waals surface area contributed by atoms with E-state index in [1.54, 1.807) is 6.07 Å². The van der Waals surface area contributed by atoms with Crippen molar-refractivity contribution in [1.29, 1.82) is 0 Å². The molecule has 5 nitrogen and oxygen atoms in total. The molecule has 0 radical (unpaired) electrons. The Morgan fingerprint density at radius 3 is 3.06 bits per heavy atom. The van der Waals surface area contributed by atoms with Gasteiger partial charge in [0.1, 0.15) is 0 Å². The number of carbonyl (C=O) groups is 1. The van der Waals surface area contributed by atoms with Crippen molar-refractivity contribution in [1.82, 2.24) is 5.32 Å². The predicted octanol–water partition coefficient (Wildman–Crippen LogP) is 1.28. The fraction of sp³-hybridized carbons (Fsp3) is 0.545. The van der Waals surface area contributed by atoms with Crippen molar-refractivity contribution < 1.29 is 13.9 Å². The van der Waals surface area contributed by atoms with Crippen molar-refractivity contribution >= 4 is 21.8 Å². The van der Waals surface area contributed by atoms with E-state index in [2.05, 4.69) is 21.2 Å². The molecular weight excluding hydrogens is 288 g/mol. The van der Waals surface area contributed by atoms with Crippen molar-refractivity contribution in [2.75, 3.05) is 6.61 Å². The number of rotatable bonds is 4. The molecule has 1 aromatic rings. The zero-order chi connectivity index (χ0) is 12.4. The molecule has 3 atom stereocenters. The van der Waals surface area contributed by atoms with Crippen molar-refractivity contribution in [3.05, 3.63) is 22.6 Å². The SMILES string of the molecule is CCOC1CC(N)C1NC(=O)c1ccoc1Br. The van der Waals surface area contributed by atoms with Gasteiger partial charge in [0, 0.05) is 12.6 Å². The molecule has 2 rings (SSSR count). The normalized spacial score (nSPS) is 27.6. The van der Waals surface area contributed by atoms with E-state index >= 15 is 0 Å². The summed E-state index contributed by atoms with van der Waals surface area (Å²) in [5.74, 6) is -0.199. The summed E-state index contributed by atoms with van der Waals surface area (Å²) in [7, 11) is 0. The third-order valence-corrected chi connectivity index (χ3v) is 3.52. The van der Waals surface area contributed by atoms with Crippen LogP contribution in [0.2, 0.25) is 0 Å². The van der Waals surface area contributed by atoms with Crippen LogP contribution < -0.4 is 11.1 Å². The molecule has 1 aliphatic carbocycles. The first kappa shape index (κ1) is 12.6. The molecule has 0 aliphatic heterocycles. The highest BCUT2D eigenvalue weighted by Gasteiger charge is 2.40. The molecule has 1 aromatic heterocycles. The molecule has 1 amide bonds. The zero-order valence-corrected chi connectivity index (χ0v) is 11.1. The maximum absolute atomic E-state index is 11.9. The van der Waals surface area contributed by atoms with Crippen LogP contribution in [-0.2, 0) is 4.74 Å². The van der Waals surface area contributed by atoms with Crippen LogP contribution in [0.3, 0.4) is 0 Å². The van der Waals surface area contributed by atoms with Crippen LogP contribution in [0.4, 0.5) is 0 Å². The summed E-state index contributed by atoms with van der Waals surface area (Å²) >= 11 is 3.17. The van der Waals surface area contributed by atoms with Crippen LogP contribution in [-0.4, -0.2) is 30.7 Å². The van der Waals surface area contributed by atoms with Gasteiger partial charge in [0.25, 0.3) is 5.91 Å². The fourth-order valence-electron chi connectivity index (χ4n) is 1.91. The average Bonchev–Trinajstić information content (AvgIpc) is 2.72. The van der Waals surface area contributed by atoms with Gasteiger partial charge in [0.05, 0.1) is 24.0 Å². The molecule has 0 bridgehead atoms. The monoisotopic (exact) mass is 302 g/mol. The first-order valence-corrected chi connectivity index (χ1v) is 6.33. The number of amides is 1. The Kier molecular flexibility index (Phi) is 3.86. The van der Waals surface area contributed by atoms with E-state index in [4.69, 9.17) is 14.9 Å². The molecule has 1 heterocycles. The molecule has 3 unspecified atom stereocenters. The van der Waals surface area contributed by atoms with Crippen molar-refractivity contribution in [3.8, 4) is 0 Å². The smallest absolute Gasteiger partial charge is 0.256 e. The highest BCUT2D eigenvalue weighted by atomic mass is 79.9. The van der Waals surface area contributed by atoms with E-state index in [0.717, 1.165) is 6.42 Å². The van der Waals surface area contributed by atoms with Gasteiger partial charge in [0.2, 0.25) is 0 Å². The second kappa shape index (κ2) is 5.20. The number of carbonyl (C=O) groups excluding carboxylic acids is 1. The minimum atomic E-state index is -0.199. The van der Waals surface area contributed by atoms with Crippen LogP contribution in [0.5, 0.6) is 0 Å². The molecule has 0 spiro atoms. The highest BCUT2D eigenvalue weighted by molar-refractivity contribution is 9.10. The number of halogens is 1. The van der Waals surface area contributed by atoms with Gasteiger partial charge in [-0.15, -0.1) is 0 Å². The van der Waals surface area contributed by atoms with Gasteiger partial charge >= 0.3 is 0 Å². The molecular formula is C11H15BrN2O3. The van der Waals surface area contributed by atoms with Gasteiger partial charge in [-0.2, -0.15) is 0 Å². The topological polar surface area (TPSA) is 77.5 Å². The molecule has 1 aliphatic rings. The van der Waals surface area contributed by atoms with E-state index in [1.165, 1.54) is 6.26 Å². The summed E-state index contributed by atoms with van der Waals surface area (Å²) in [4.78, 5) is 11.9. The average molecular weight is 303 g/mol. The summed E-state index contributed by atoms with van der Waals surface area (Å²) in [6.45, 7) is 2.55. The second-order valence-corrected chi connectivity index (χ2v) is 4.72. The summed E-state index contributed by atoms with van der Waals surface area (Å²) in [5, 5.41) is 2.87. The van der Waals surface area contributed by atoms with E-state index in [1.807, 2.05) is 6.92 Å². The molecule has 17 heavy (non-hydrogen) atoms. The Morgan fingerprint density at radius 1 is 1.76 bits per heavy atom. The summed E-state index contributed by atoms with van der Waals surface area (Å²) in [5.41, 5.74) is 6.32. The number of nitrogens with one attached hydrogen (secondary N) is 1. The largest absolute Gasteiger partial charge is 0.457 e. The Morgan fingerprint density at radius 2 is 2.53 bits per heavy atom. The number of ether oxygens (including phenoxy) is 1. The van der Waals surface area contributed by atoms with Crippen molar-refractivity contribution in [3.63, 3.8) is 0 Å². The van der Waals surface area contributed by atoms with Crippen LogP contribution in [0, 0.1) is 0 Å². The van der Waals surface area contributed by atoms with E-state index in [0.29, 0.717) is 16.8 Å². The molecule has 3 N–H and O–H groups in total. The van der Waals surface area contributed by atoms with E-state index < -0.39 is 0 Å². The maximum atomic E-state index is 11.9. The number of furan rings is 1. The van der Waals surface area contributed by atoms with Crippen LogP contribution in [0.25, 0.3) is 0 Å². The lowest BCUT2D eigenvalue weighted by Crippen LogP contribution is -2.64. The second-order valence-electron chi connectivity index (χ2n) is 4.00. The molecule has 0 aromatic carbocycles. The van der Waals surface area contributed by atoms with E-state index in [-0.39, 0.29) is 24.1 Å². The van der Waals surface area contributed by atoms with Gasteiger partial charge < -0.3 is 20.2 Å². The predicted molar refractivity (Wildman–Crippen MR) is 65.7 cm³/mol. The third-order valence-electron chi connectivity index (χ3n) is 2.91. The standard InChI is InChI=1S/C11H15BrN2O3/c1-2-16-8-5-7(13)9(8)14-11(15)6-3-4-17-10(6)12/h3-4,7-9H,2,5,13H2,1H3,(H,14,15). The number of nitrogens with two attached hydrogens (primary N) is 1. The first-order valence-electron chi connectivity index (χ1n) is 5.54. The molecule has 1 saturated carbocycles. The van der Waals surface area contributed by atoms with Gasteiger partial charge in [-0.05, 0) is 35.3 Å². The van der Waals surface area contributed by atoms with Gasteiger partial charge in [0.15, 0.2) is 4.67 Å². The Balaban J connectivity index is 1.97. The van der Waals surface area contributed by atoms with Crippen molar-refractivity contribution in [2.45, 2.75) is 31.5 Å². The maximum Gasteiger partial charge on any atom is 0.256 e. The zero-order valence-electron chi connectivity index (χ0n) is 9.48. The molecule has 6 heteroatoms.